The summed E-state index contributed by atoms with van der Waals surface area (Å²) in [6.45, 7) is 6.83. The van der Waals surface area contributed by atoms with E-state index in [1.54, 1.807) is 4.31 Å². The van der Waals surface area contributed by atoms with Gasteiger partial charge in [-0.15, -0.1) is 0 Å². The molecule has 0 radical (unpaired) electrons. The van der Waals surface area contributed by atoms with Gasteiger partial charge >= 0.3 is 10.2 Å². The fourth-order valence-electron chi connectivity index (χ4n) is 4.41. The van der Waals surface area contributed by atoms with E-state index in [-0.39, 0.29) is 6.04 Å². The molecular formula is C27H39N3O5S. The molecular weight excluding hydrogens is 478 g/mol. The number of ether oxygens (including phenoxy) is 2. The summed E-state index contributed by atoms with van der Waals surface area (Å²) in [4.78, 5) is 12.1. The summed E-state index contributed by atoms with van der Waals surface area (Å²) in [6.07, 6.45) is 6.02. The van der Waals surface area contributed by atoms with E-state index in [4.69, 9.17) is 4.74 Å². The molecule has 2 fully saturated rings. The number of nitrogens with zero attached hydrogens (tertiary/aromatic N) is 2. The van der Waals surface area contributed by atoms with Gasteiger partial charge in [-0.1, -0.05) is 36.8 Å². The molecule has 2 aliphatic heterocycles. The number of anilines is 2. The van der Waals surface area contributed by atoms with Gasteiger partial charge < -0.3 is 14.4 Å². The Morgan fingerprint density at radius 3 is 2.39 bits per heavy atom. The molecule has 0 aromatic heterocycles. The normalized spacial score (nSPS) is 18.6. The van der Waals surface area contributed by atoms with Gasteiger partial charge in [-0.25, -0.2) is 0 Å². The van der Waals surface area contributed by atoms with Crippen molar-refractivity contribution in [2.24, 2.45) is 0 Å². The van der Waals surface area contributed by atoms with Gasteiger partial charge in [0.1, 0.15) is 0 Å². The fraction of sp³-hybridized carbons (Fsp3) is 0.519. The van der Waals surface area contributed by atoms with Crippen LogP contribution >= 0.6 is 0 Å². The predicted octanol–water partition coefficient (Wildman–Crippen LogP) is 4.24. The summed E-state index contributed by atoms with van der Waals surface area (Å²) in [5, 5.41) is 0. The van der Waals surface area contributed by atoms with E-state index < -0.39 is 10.2 Å². The lowest BCUT2D eigenvalue weighted by Gasteiger charge is -2.32. The van der Waals surface area contributed by atoms with Gasteiger partial charge in [0.2, 0.25) is 0 Å². The Kier molecular flexibility index (Phi) is 11.5. The minimum Gasteiger partial charge on any atom is -0.468 e. The van der Waals surface area contributed by atoms with E-state index in [0.717, 1.165) is 70.5 Å². The molecule has 0 aliphatic carbocycles. The van der Waals surface area contributed by atoms with Crippen LogP contribution in [0.3, 0.4) is 0 Å². The molecule has 2 aromatic carbocycles. The topological polar surface area (TPSA) is 88.2 Å². The molecule has 0 saturated carbocycles. The molecule has 2 aliphatic rings. The first kappa shape index (κ1) is 28.0. The van der Waals surface area contributed by atoms with Crippen LogP contribution in [0.25, 0.3) is 0 Å². The number of hydrogen-bond donors (Lipinski definition) is 1. The Morgan fingerprint density at radius 1 is 1.00 bits per heavy atom. The monoisotopic (exact) mass is 517 g/mol. The summed E-state index contributed by atoms with van der Waals surface area (Å²) in [5.74, 6) is 0. The molecule has 0 bridgehead atoms. The molecule has 4 rings (SSSR count). The maximum Gasteiger partial charge on any atom is 0.301 e. The van der Waals surface area contributed by atoms with Crippen LogP contribution in [-0.4, -0.2) is 64.7 Å². The summed E-state index contributed by atoms with van der Waals surface area (Å²) in [7, 11) is -3.47. The van der Waals surface area contributed by atoms with E-state index in [1.165, 1.54) is 5.56 Å². The number of morpholine rings is 1. The first-order valence-corrected chi connectivity index (χ1v) is 14.2. The minimum atomic E-state index is -3.47. The van der Waals surface area contributed by atoms with Crippen LogP contribution in [0.2, 0.25) is 0 Å². The van der Waals surface area contributed by atoms with Crippen molar-refractivity contribution >= 4 is 28.1 Å². The Balaban J connectivity index is 0.000000236. The number of aryl methyl sites for hydroxylation is 1. The highest BCUT2D eigenvalue weighted by atomic mass is 32.2. The first-order chi connectivity index (χ1) is 17.5. The van der Waals surface area contributed by atoms with Crippen molar-refractivity contribution in [2.45, 2.75) is 51.5 Å². The lowest BCUT2D eigenvalue weighted by Crippen LogP contribution is -2.44. The minimum absolute atomic E-state index is 0.0638. The fourth-order valence-corrected chi connectivity index (χ4v) is 5.91. The number of carbonyl (C=O) groups excluding carboxylic acids is 1. The van der Waals surface area contributed by atoms with Gasteiger partial charge in [-0.05, 0) is 68.9 Å². The van der Waals surface area contributed by atoms with Gasteiger partial charge in [-0.2, -0.15) is 12.7 Å². The van der Waals surface area contributed by atoms with E-state index >= 15 is 0 Å². The number of piperidine rings is 1. The number of carbonyl (C=O) groups is 1. The van der Waals surface area contributed by atoms with E-state index in [9.17, 15) is 13.2 Å². The third kappa shape index (κ3) is 9.11. The first-order valence-electron chi connectivity index (χ1n) is 12.8. The van der Waals surface area contributed by atoms with Crippen LogP contribution in [0.15, 0.2) is 54.6 Å². The summed E-state index contributed by atoms with van der Waals surface area (Å²) < 4.78 is 39.3. The van der Waals surface area contributed by atoms with Crippen LogP contribution in [0.1, 0.15) is 44.6 Å². The van der Waals surface area contributed by atoms with E-state index in [1.807, 2.05) is 49.4 Å². The van der Waals surface area contributed by atoms with E-state index in [2.05, 4.69) is 26.5 Å². The second-order valence-electron chi connectivity index (χ2n) is 9.12. The van der Waals surface area contributed by atoms with Crippen molar-refractivity contribution in [1.29, 1.82) is 0 Å². The molecule has 0 spiro atoms. The number of nitrogens with one attached hydrogen (secondary N) is 1. The average molecular weight is 518 g/mol. The van der Waals surface area contributed by atoms with Crippen LogP contribution in [0.4, 0.5) is 11.4 Å². The summed E-state index contributed by atoms with van der Waals surface area (Å²) in [6, 6.07) is 18.0. The Hall–Kier alpha value is -2.62. The van der Waals surface area contributed by atoms with Crippen LogP contribution in [-0.2, 0) is 30.9 Å². The van der Waals surface area contributed by atoms with Gasteiger partial charge in [0, 0.05) is 37.1 Å². The number of hydrogen-bond acceptors (Lipinski definition) is 6. The summed E-state index contributed by atoms with van der Waals surface area (Å²) >= 11 is 0. The van der Waals surface area contributed by atoms with Gasteiger partial charge in [0.15, 0.2) is 0 Å². The smallest absolute Gasteiger partial charge is 0.301 e. The van der Waals surface area contributed by atoms with Crippen LogP contribution in [0.5, 0.6) is 0 Å². The molecule has 1 N–H and O–H groups in total. The lowest BCUT2D eigenvalue weighted by molar-refractivity contribution is -0.128. The highest BCUT2D eigenvalue weighted by Crippen LogP contribution is 2.23. The van der Waals surface area contributed by atoms with Crippen molar-refractivity contribution in [2.75, 3.05) is 49.1 Å². The zero-order valence-electron chi connectivity index (χ0n) is 21.2. The largest absolute Gasteiger partial charge is 0.468 e. The van der Waals surface area contributed by atoms with Crippen molar-refractivity contribution in [3.05, 3.63) is 60.2 Å². The SMILES string of the molecule is CC1CCCCN1S(=O)(=O)Nc1ccc(N2CCOCC2)cc1.O=COCCCCc1ccccc1. The van der Waals surface area contributed by atoms with Crippen molar-refractivity contribution in [3.8, 4) is 0 Å². The average Bonchev–Trinajstić information content (AvgIpc) is 2.90. The van der Waals surface area contributed by atoms with Crippen LogP contribution in [0, 0.1) is 0 Å². The van der Waals surface area contributed by atoms with Gasteiger partial charge in [-0.3, -0.25) is 9.52 Å². The molecule has 2 aromatic rings. The molecule has 1 atom stereocenters. The van der Waals surface area contributed by atoms with Crippen LogP contribution < -0.4 is 9.62 Å². The number of unbranched alkanes of at least 4 members (excludes halogenated alkanes) is 1. The van der Waals surface area contributed by atoms with E-state index in [0.29, 0.717) is 25.3 Å². The number of benzene rings is 2. The third-order valence-electron chi connectivity index (χ3n) is 6.43. The van der Waals surface area contributed by atoms with Gasteiger partial charge in [0.25, 0.3) is 6.47 Å². The molecule has 8 nitrogen and oxygen atoms in total. The standard InChI is InChI=1S/C16H25N3O3S.C11H14O2/c1-14-4-2-3-9-19(14)23(20,21)17-15-5-7-16(8-6-15)18-10-12-22-13-11-18;12-10-13-9-5-4-8-11-6-2-1-3-7-11/h5-8,14,17H,2-4,9-13H2,1H3;1-3,6-7,10H,4-5,8-9H2. The maximum absolute atomic E-state index is 12.5. The molecule has 36 heavy (non-hydrogen) atoms. The van der Waals surface area contributed by atoms with Crippen molar-refractivity contribution in [1.82, 2.24) is 4.31 Å². The molecule has 198 valence electrons. The molecule has 0 amide bonds. The molecule has 1 unspecified atom stereocenters. The zero-order valence-corrected chi connectivity index (χ0v) is 22.0. The van der Waals surface area contributed by atoms with Gasteiger partial charge in [0.05, 0.1) is 19.8 Å². The predicted molar refractivity (Wildman–Crippen MR) is 143 cm³/mol. The molecule has 2 saturated heterocycles. The summed E-state index contributed by atoms with van der Waals surface area (Å²) in [5.41, 5.74) is 3.05. The highest BCUT2D eigenvalue weighted by Gasteiger charge is 2.29. The second-order valence-corrected chi connectivity index (χ2v) is 10.7. The molecule has 2 heterocycles. The highest BCUT2D eigenvalue weighted by molar-refractivity contribution is 7.90. The Bertz CT molecular complexity index is 996. The van der Waals surface area contributed by atoms with Crippen molar-refractivity contribution in [3.63, 3.8) is 0 Å². The Morgan fingerprint density at radius 2 is 1.72 bits per heavy atom. The number of rotatable bonds is 10. The maximum atomic E-state index is 12.5. The zero-order chi connectivity index (χ0) is 25.6. The van der Waals surface area contributed by atoms with Crippen molar-refractivity contribution < 1.29 is 22.7 Å². The Labute approximate surface area is 215 Å². The third-order valence-corrected chi connectivity index (χ3v) is 8.08. The lowest BCUT2D eigenvalue weighted by atomic mass is 10.1. The second kappa shape index (κ2) is 14.8. The molecule has 9 heteroatoms. The quantitative estimate of drug-likeness (QED) is 0.375.